The molecule has 0 bridgehead atoms. The number of aliphatic hydroxyl groups is 1. The van der Waals surface area contributed by atoms with E-state index in [1.165, 1.54) is 0 Å². The van der Waals surface area contributed by atoms with Crippen LogP contribution in [0.5, 0.6) is 0 Å². The Morgan fingerprint density at radius 1 is 1.00 bits per heavy atom. The van der Waals surface area contributed by atoms with Gasteiger partial charge in [0.1, 0.15) is 6.04 Å². The van der Waals surface area contributed by atoms with Crippen LogP contribution >= 0.6 is 0 Å². The minimum absolute atomic E-state index is 0.281. The highest BCUT2D eigenvalue weighted by atomic mass is 16.3. The van der Waals surface area contributed by atoms with Gasteiger partial charge in [0.2, 0.25) is 5.91 Å². The van der Waals surface area contributed by atoms with Crippen molar-refractivity contribution in [2.75, 3.05) is 0 Å². The van der Waals surface area contributed by atoms with Gasteiger partial charge in [0, 0.05) is 6.42 Å². The topological polar surface area (TPSA) is 92.4 Å². The van der Waals surface area contributed by atoms with E-state index in [1.807, 2.05) is 30.3 Å². The van der Waals surface area contributed by atoms with Crippen molar-refractivity contribution in [1.82, 2.24) is 5.32 Å². The molecule has 0 spiro atoms. The molecule has 0 fully saturated rings. The van der Waals surface area contributed by atoms with Crippen LogP contribution in [-0.4, -0.2) is 23.0 Å². The van der Waals surface area contributed by atoms with Crippen LogP contribution in [0.4, 0.5) is 0 Å². The predicted molar refractivity (Wildman–Crippen MR) is 82.7 cm³/mol. The van der Waals surface area contributed by atoms with Gasteiger partial charge >= 0.3 is 0 Å². The Bertz CT molecular complexity index is 629. The summed E-state index contributed by atoms with van der Waals surface area (Å²) in [7, 11) is 0. The van der Waals surface area contributed by atoms with Gasteiger partial charge in [-0.1, -0.05) is 60.7 Å². The molecular weight excluding hydrogens is 280 g/mol. The summed E-state index contributed by atoms with van der Waals surface area (Å²) in [4.78, 5) is 23.6. The van der Waals surface area contributed by atoms with Gasteiger partial charge in [0.05, 0.1) is 0 Å². The summed E-state index contributed by atoms with van der Waals surface area (Å²) in [6.45, 7) is 0. The van der Waals surface area contributed by atoms with Crippen molar-refractivity contribution in [2.24, 2.45) is 5.73 Å². The van der Waals surface area contributed by atoms with E-state index in [0.29, 0.717) is 5.56 Å². The lowest BCUT2D eigenvalue weighted by atomic mass is 10.0. The van der Waals surface area contributed by atoms with Crippen molar-refractivity contribution in [3.05, 3.63) is 71.8 Å². The summed E-state index contributed by atoms with van der Waals surface area (Å²) in [5.41, 5.74) is 6.67. The highest BCUT2D eigenvalue weighted by Crippen LogP contribution is 2.12. The third kappa shape index (κ3) is 4.17. The quantitative estimate of drug-likeness (QED) is 0.741. The Kier molecular flexibility index (Phi) is 5.27. The van der Waals surface area contributed by atoms with Crippen LogP contribution in [0.25, 0.3) is 0 Å². The van der Waals surface area contributed by atoms with Gasteiger partial charge in [0.15, 0.2) is 6.10 Å². The van der Waals surface area contributed by atoms with Gasteiger partial charge in [-0.15, -0.1) is 0 Å². The third-order valence-electron chi connectivity index (χ3n) is 3.31. The molecule has 2 aromatic carbocycles. The molecule has 114 valence electrons. The minimum Gasteiger partial charge on any atom is -0.378 e. The summed E-state index contributed by atoms with van der Waals surface area (Å²) >= 11 is 0. The van der Waals surface area contributed by atoms with Crippen LogP contribution < -0.4 is 11.1 Å². The Labute approximate surface area is 128 Å². The zero-order valence-electron chi connectivity index (χ0n) is 12.0. The normalized spacial score (nSPS) is 13.1. The highest BCUT2D eigenvalue weighted by molar-refractivity contribution is 5.89. The van der Waals surface area contributed by atoms with E-state index in [2.05, 4.69) is 5.32 Å². The summed E-state index contributed by atoms with van der Waals surface area (Å²) in [5, 5.41) is 12.5. The van der Waals surface area contributed by atoms with Crippen LogP contribution in [0.15, 0.2) is 60.7 Å². The van der Waals surface area contributed by atoms with E-state index in [4.69, 9.17) is 5.73 Å². The average Bonchev–Trinajstić information content (AvgIpc) is 2.55. The second-order valence-corrected chi connectivity index (χ2v) is 4.97. The van der Waals surface area contributed by atoms with E-state index in [1.54, 1.807) is 30.3 Å². The second kappa shape index (κ2) is 7.38. The first kappa shape index (κ1) is 15.7. The number of hydrogen-bond acceptors (Lipinski definition) is 3. The molecule has 0 saturated carbocycles. The Hall–Kier alpha value is -2.66. The van der Waals surface area contributed by atoms with Crippen molar-refractivity contribution in [3.63, 3.8) is 0 Å². The Morgan fingerprint density at radius 2 is 1.55 bits per heavy atom. The molecule has 5 nitrogen and oxygen atoms in total. The van der Waals surface area contributed by atoms with E-state index < -0.39 is 24.0 Å². The molecule has 2 rings (SSSR count). The van der Waals surface area contributed by atoms with E-state index in [9.17, 15) is 14.7 Å². The van der Waals surface area contributed by atoms with Gasteiger partial charge < -0.3 is 16.2 Å². The van der Waals surface area contributed by atoms with Crippen LogP contribution in [-0.2, 0) is 16.0 Å². The number of amides is 2. The van der Waals surface area contributed by atoms with Crippen molar-refractivity contribution in [1.29, 1.82) is 0 Å². The van der Waals surface area contributed by atoms with Gasteiger partial charge in [-0.2, -0.15) is 0 Å². The minimum atomic E-state index is -1.33. The lowest BCUT2D eigenvalue weighted by Crippen LogP contribution is -2.47. The summed E-state index contributed by atoms with van der Waals surface area (Å²) in [5.74, 6) is -1.29. The number of nitrogens with two attached hydrogens (primary N) is 1. The Balaban J connectivity index is 2.04. The standard InChI is InChI=1S/C17H18N2O3/c18-16(21)14(11-12-7-3-1-4-8-12)19-17(22)15(20)13-9-5-2-6-10-13/h1-10,14-15,20H,11H2,(H2,18,21)(H,19,22)/t14-,15+/m1/s1. The van der Waals surface area contributed by atoms with Crippen LogP contribution in [0.3, 0.4) is 0 Å². The average molecular weight is 298 g/mol. The fourth-order valence-corrected chi connectivity index (χ4v) is 2.11. The molecule has 0 heterocycles. The monoisotopic (exact) mass is 298 g/mol. The smallest absolute Gasteiger partial charge is 0.254 e. The van der Waals surface area contributed by atoms with Crippen molar-refractivity contribution in [3.8, 4) is 0 Å². The maximum absolute atomic E-state index is 12.1. The van der Waals surface area contributed by atoms with Crippen molar-refractivity contribution < 1.29 is 14.7 Å². The van der Waals surface area contributed by atoms with Gasteiger partial charge in [-0.05, 0) is 11.1 Å². The fourth-order valence-electron chi connectivity index (χ4n) is 2.11. The molecule has 2 atom stereocenters. The molecule has 4 N–H and O–H groups in total. The molecule has 2 aromatic rings. The SMILES string of the molecule is NC(=O)[C@@H](Cc1ccccc1)NC(=O)[C@@H](O)c1ccccc1. The summed E-state index contributed by atoms with van der Waals surface area (Å²) < 4.78 is 0. The molecule has 0 saturated heterocycles. The number of aliphatic hydroxyl groups excluding tert-OH is 1. The van der Waals surface area contributed by atoms with Crippen molar-refractivity contribution in [2.45, 2.75) is 18.6 Å². The molecule has 22 heavy (non-hydrogen) atoms. The van der Waals surface area contributed by atoms with E-state index in [-0.39, 0.29) is 6.42 Å². The number of primary amides is 1. The number of benzene rings is 2. The third-order valence-corrected chi connectivity index (χ3v) is 3.31. The highest BCUT2D eigenvalue weighted by Gasteiger charge is 2.23. The van der Waals surface area contributed by atoms with Gasteiger partial charge in [-0.3, -0.25) is 9.59 Å². The summed E-state index contributed by atoms with van der Waals surface area (Å²) in [6, 6.07) is 16.9. The number of nitrogens with one attached hydrogen (secondary N) is 1. The van der Waals surface area contributed by atoms with Crippen LogP contribution in [0, 0.1) is 0 Å². The van der Waals surface area contributed by atoms with E-state index in [0.717, 1.165) is 5.56 Å². The zero-order chi connectivity index (χ0) is 15.9. The zero-order valence-corrected chi connectivity index (χ0v) is 12.0. The van der Waals surface area contributed by atoms with Crippen LogP contribution in [0.2, 0.25) is 0 Å². The molecule has 0 radical (unpaired) electrons. The summed E-state index contributed by atoms with van der Waals surface area (Å²) in [6.07, 6.45) is -1.05. The lowest BCUT2D eigenvalue weighted by molar-refractivity contribution is -0.133. The predicted octanol–water partition coefficient (Wildman–Crippen LogP) is 0.933. The Morgan fingerprint density at radius 3 is 2.09 bits per heavy atom. The maximum atomic E-state index is 12.1. The number of hydrogen-bond donors (Lipinski definition) is 3. The molecule has 2 amide bonds. The number of carbonyl (C=O) groups excluding carboxylic acids is 2. The van der Waals surface area contributed by atoms with Gasteiger partial charge in [-0.25, -0.2) is 0 Å². The lowest BCUT2D eigenvalue weighted by Gasteiger charge is -2.18. The molecule has 5 heteroatoms. The number of carbonyl (C=O) groups is 2. The van der Waals surface area contributed by atoms with Crippen LogP contribution in [0.1, 0.15) is 17.2 Å². The molecule has 0 aliphatic carbocycles. The number of rotatable bonds is 6. The first-order chi connectivity index (χ1) is 10.6. The molecule has 0 aliphatic rings. The maximum Gasteiger partial charge on any atom is 0.254 e. The molecule has 0 unspecified atom stereocenters. The molecule has 0 aromatic heterocycles. The van der Waals surface area contributed by atoms with E-state index >= 15 is 0 Å². The van der Waals surface area contributed by atoms with Crippen molar-refractivity contribution >= 4 is 11.8 Å². The molecule has 0 aliphatic heterocycles. The first-order valence-corrected chi connectivity index (χ1v) is 6.94. The largest absolute Gasteiger partial charge is 0.378 e. The first-order valence-electron chi connectivity index (χ1n) is 6.94. The molecular formula is C17H18N2O3. The van der Waals surface area contributed by atoms with Gasteiger partial charge in [0.25, 0.3) is 5.91 Å². The fraction of sp³-hybridized carbons (Fsp3) is 0.176. The second-order valence-electron chi connectivity index (χ2n) is 4.97.